The molecule has 0 amide bonds. The van der Waals surface area contributed by atoms with E-state index in [2.05, 4.69) is 20.9 Å². The minimum absolute atomic E-state index is 0.0762. The van der Waals surface area contributed by atoms with Crippen molar-refractivity contribution in [2.24, 2.45) is 0 Å². The molecule has 0 fully saturated rings. The SMILES string of the molecule is COc1nc2ccc(Br)cc2cc1C(CC(O)(Cc1ccccc1)c1cccc(F)c1F)N(C)C. The molecule has 0 aliphatic carbocycles. The number of hydrogen-bond donors (Lipinski definition) is 1. The van der Waals surface area contributed by atoms with Gasteiger partial charge in [-0.2, -0.15) is 0 Å². The lowest BCUT2D eigenvalue weighted by Gasteiger charge is -2.36. The lowest BCUT2D eigenvalue weighted by atomic mass is 9.80. The number of pyridine rings is 1. The number of ether oxygens (including phenoxy) is 1. The van der Waals surface area contributed by atoms with Gasteiger partial charge < -0.3 is 14.7 Å². The molecule has 7 heteroatoms. The van der Waals surface area contributed by atoms with Gasteiger partial charge in [0.25, 0.3) is 0 Å². The van der Waals surface area contributed by atoms with Gasteiger partial charge in [0.2, 0.25) is 5.88 Å². The van der Waals surface area contributed by atoms with Crippen molar-refractivity contribution < 1.29 is 18.6 Å². The molecule has 0 saturated heterocycles. The second-order valence-electron chi connectivity index (χ2n) is 8.90. The van der Waals surface area contributed by atoms with Gasteiger partial charge in [-0.05, 0) is 50.0 Å². The first-order valence-corrected chi connectivity index (χ1v) is 12.0. The van der Waals surface area contributed by atoms with E-state index in [9.17, 15) is 9.50 Å². The van der Waals surface area contributed by atoms with Gasteiger partial charge in [0.1, 0.15) is 0 Å². The zero-order valence-corrected chi connectivity index (χ0v) is 21.4. The Kier molecular flexibility index (Phi) is 7.50. The van der Waals surface area contributed by atoms with Crippen molar-refractivity contribution in [2.45, 2.75) is 24.5 Å². The van der Waals surface area contributed by atoms with Gasteiger partial charge in [0.15, 0.2) is 11.6 Å². The molecule has 1 aromatic heterocycles. The summed E-state index contributed by atoms with van der Waals surface area (Å²) >= 11 is 3.50. The summed E-state index contributed by atoms with van der Waals surface area (Å²) in [4.78, 5) is 6.60. The van der Waals surface area contributed by atoms with Crippen molar-refractivity contribution in [1.29, 1.82) is 0 Å². The Balaban J connectivity index is 1.86. The lowest BCUT2D eigenvalue weighted by molar-refractivity contribution is -0.00000936. The molecule has 4 rings (SSSR count). The van der Waals surface area contributed by atoms with Crippen molar-refractivity contribution in [3.05, 3.63) is 106 Å². The summed E-state index contributed by atoms with van der Waals surface area (Å²) < 4.78 is 35.9. The molecular weight excluding hydrogens is 514 g/mol. The number of hydrogen-bond acceptors (Lipinski definition) is 4. The third kappa shape index (κ3) is 5.37. The van der Waals surface area contributed by atoms with E-state index < -0.39 is 23.3 Å². The summed E-state index contributed by atoms with van der Waals surface area (Å²) in [5, 5.41) is 12.9. The average molecular weight is 541 g/mol. The van der Waals surface area contributed by atoms with Crippen LogP contribution in [-0.2, 0) is 12.0 Å². The smallest absolute Gasteiger partial charge is 0.218 e. The molecule has 0 aliphatic heterocycles. The van der Waals surface area contributed by atoms with Crippen LogP contribution in [0.3, 0.4) is 0 Å². The summed E-state index contributed by atoms with van der Waals surface area (Å²) in [5.41, 5.74) is 0.528. The Bertz CT molecular complexity index is 1330. The van der Waals surface area contributed by atoms with E-state index >= 15 is 4.39 Å². The molecular formula is C28H27BrF2N2O2. The van der Waals surface area contributed by atoms with Crippen LogP contribution in [0.4, 0.5) is 8.78 Å². The molecule has 0 saturated carbocycles. The fraction of sp³-hybridized carbons (Fsp3) is 0.250. The zero-order chi connectivity index (χ0) is 25.2. The molecule has 1 N–H and O–H groups in total. The highest BCUT2D eigenvalue weighted by atomic mass is 79.9. The summed E-state index contributed by atoms with van der Waals surface area (Å²) in [6, 6.07) is 20.5. The monoisotopic (exact) mass is 540 g/mol. The number of benzene rings is 3. The van der Waals surface area contributed by atoms with Crippen LogP contribution < -0.4 is 4.74 Å². The van der Waals surface area contributed by atoms with Gasteiger partial charge in [-0.1, -0.05) is 58.4 Å². The van der Waals surface area contributed by atoms with Crippen molar-refractivity contribution >= 4 is 26.8 Å². The second-order valence-corrected chi connectivity index (χ2v) is 9.82. The van der Waals surface area contributed by atoms with E-state index in [0.717, 1.165) is 32.6 Å². The van der Waals surface area contributed by atoms with Crippen molar-refractivity contribution in [1.82, 2.24) is 9.88 Å². The predicted molar refractivity (Wildman–Crippen MR) is 137 cm³/mol. The molecule has 4 aromatic rings. The number of methoxy groups -OCH3 is 1. The third-order valence-electron chi connectivity index (χ3n) is 6.27. The summed E-state index contributed by atoms with van der Waals surface area (Å²) in [6.45, 7) is 0. The fourth-order valence-electron chi connectivity index (χ4n) is 4.51. The number of nitrogens with zero attached hydrogens (tertiary/aromatic N) is 2. The van der Waals surface area contributed by atoms with E-state index in [4.69, 9.17) is 4.74 Å². The molecule has 2 atom stereocenters. The molecule has 0 aliphatic rings. The van der Waals surface area contributed by atoms with Crippen molar-refractivity contribution in [3.8, 4) is 5.88 Å². The number of fused-ring (bicyclic) bond motifs is 1. The molecule has 2 unspecified atom stereocenters. The number of halogens is 3. The normalized spacial score (nSPS) is 14.2. The Morgan fingerprint density at radius 3 is 2.46 bits per heavy atom. The Labute approximate surface area is 212 Å². The molecule has 0 spiro atoms. The van der Waals surface area contributed by atoms with E-state index in [0.29, 0.717) is 5.88 Å². The quantitative estimate of drug-likeness (QED) is 0.280. The maximum atomic E-state index is 15.1. The van der Waals surface area contributed by atoms with Crippen LogP contribution in [0.25, 0.3) is 10.9 Å². The first-order valence-electron chi connectivity index (χ1n) is 11.2. The Hall–Kier alpha value is -2.87. The average Bonchev–Trinajstić information content (AvgIpc) is 2.84. The third-order valence-corrected chi connectivity index (χ3v) is 6.76. The van der Waals surface area contributed by atoms with Crippen molar-refractivity contribution in [3.63, 3.8) is 0 Å². The largest absolute Gasteiger partial charge is 0.481 e. The van der Waals surface area contributed by atoms with Gasteiger partial charge in [-0.25, -0.2) is 13.8 Å². The first kappa shape index (κ1) is 25.2. The van der Waals surface area contributed by atoms with Crippen LogP contribution in [0.5, 0.6) is 5.88 Å². The van der Waals surface area contributed by atoms with Crippen LogP contribution >= 0.6 is 15.9 Å². The highest BCUT2D eigenvalue weighted by molar-refractivity contribution is 9.10. The minimum Gasteiger partial charge on any atom is -0.481 e. The first-order chi connectivity index (χ1) is 16.7. The number of aliphatic hydroxyl groups is 1. The van der Waals surface area contributed by atoms with Crippen LogP contribution in [0, 0.1) is 11.6 Å². The highest BCUT2D eigenvalue weighted by Gasteiger charge is 2.38. The molecule has 35 heavy (non-hydrogen) atoms. The van der Waals surface area contributed by atoms with Crippen LogP contribution in [-0.4, -0.2) is 36.2 Å². The molecule has 4 nitrogen and oxygen atoms in total. The summed E-state index contributed by atoms with van der Waals surface area (Å²) in [6.07, 6.45) is 0.181. The van der Waals surface area contributed by atoms with E-state index in [-0.39, 0.29) is 18.4 Å². The van der Waals surface area contributed by atoms with Crippen LogP contribution in [0.15, 0.2) is 77.3 Å². The number of rotatable bonds is 8. The summed E-state index contributed by atoms with van der Waals surface area (Å²) in [7, 11) is 5.30. The fourth-order valence-corrected chi connectivity index (χ4v) is 4.89. The number of aromatic nitrogens is 1. The van der Waals surface area contributed by atoms with E-state index in [1.807, 2.05) is 73.6 Å². The maximum absolute atomic E-state index is 15.1. The van der Waals surface area contributed by atoms with Gasteiger partial charge in [-0.15, -0.1) is 0 Å². The van der Waals surface area contributed by atoms with Gasteiger partial charge in [0.05, 0.1) is 18.2 Å². The highest BCUT2D eigenvalue weighted by Crippen LogP contribution is 2.41. The van der Waals surface area contributed by atoms with Gasteiger partial charge in [-0.3, -0.25) is 0 Å². The molecule has 1 heterocycles. The molecule has 0 bridgehead atoms. The van der Waals surface area contributed by atoms with Gasteiger partial charge in [0, 0.05) is 39.9 Å². The molecule has 182 valence electrons. The second kappa shape index (κ2) is 10.4. The van der Waals surface area contributed by atoms with E-state index in [1.165, 1.54) is 12.1 Å². The molecule has 3 aromatic carbocycles. The van der Waals surface area contributed by atoms with Crippen molar-refractivity contribution in [2.75, 3.05) is 21.2 Å². The topological polar surface area (TPSA) is 45.6 Å². The Morgan fingerprint density at radius 1 is 1.03 bits per heavy atom. The standard InChI is InChI=1S/C28H27BrF2N2O2/c1-33(2)25(21-15-19-14-20(29)12-13-24(19)32-27(21)35-3)17-28(34,16-18-8-5-4-6-9-18)22-10-7-11-23(30)26(22)31/h4-15,25,34H,16-17H2,1-3H3. The Morgan fingerprint density at radius 2 is 1.77 bits per heavy atom. The van der Waals surface area contributed by atoms with Gasteiger partial charge >= 0.3 is 0 Å². The van der Waals surface area contributed by atoms with Crippen LogP contribution in [0.2, 0.25) is 0 Å². The summed E-state index contributed by atoms with van der Waals surface area (Å²) in [5.74, 6) is -1.62. The minimum atomic E-state index is -1.71. The maximum Gasteiger partial charge on any atom is 0.218 e. The lowest BCUT2D eigenvalue weighted by Crippen LogP contribution is -2.36. The van der Waals surface area contributed by atoms with E-state index in [1.54, 1.807) is 7.11 Å². The molecule has 0 radical (unpaired) electrons. The predicted octanol–water partition coefficient (Wildman–Crippen LogP) is 6.41. The van der Waals surface area contributed by atoms with Crippen LogP contribution in [0.1, 0.15) is 29.2 Å². The zero-order valence-electron chi connectivity index (χ0n) is 19.8.